The number of hydrogen-bond acceptors (Lipinski definition) is 4. The Kier molecular flexibility index (Phi) is 4.79. The van der Waals surface area contributed by atoms with Crippen LogP contribution in [0.15, 0.2) is 16.8 Å². The van der Waals surface area contributed by atoms with Gasteiger partial charge in [0.25, 0.3) is 0 Å². The van der Waals surface area contributed by atoms with Gasteiger partial charge in [-0.25, -0.2) is 9.59 Å². The number of carbonyl (C=O) groups excluding carboxylic acids is 1. The van der Waals surface area contributed by atoms with Gasteiger partial charge in [-0.1, -0.05) is 0 Å². The lowest BCUT2D eigenvalue weighted by molar-refractivity contribution is -0.145. The molecule has 1 saturated carbocycles. The number of aliphatic carboxylic acids is 2. The molecular formula is C13H16N2O5S. The van der Waals surface area contributed by atoms with Crippen molar-refractivity contribution in [2.45, 2.75) is 37.9 Å². The maximum atomic E-state index is 12.2. The van der Waals surface area contributed by atoms with E-state index in [-0.39, 0.29) is 6.04 Å². The molecule has 0 radical (unpaired) electrons. The van der Waals surface area contributed by atoms with Crippen molar-refractivity contribution in [1.82, 2.24) is 10.2 Å². The second-order valence-corrected chi connectivity index (χ2v) is 5.71. The lowest BCUT2D eigenvalue weighted by atomic mass is 10.2. The third-order valence-electron chi connectivity index (χ3n) is 3.16. The van der Waals surface area contributed by atoms with Crippen LogP contribution in [0.1, 0.15) is 24.8 Å². The largest absolute Gasteiger partial charge is 0.481 e. The van der Waals surface area contributed by atoms with Gasteiger partial charge in [0.1, 0.15) is 6.04 Å². The van der Waals surface area contributed by atoms with Crippen molar-refractivity contribution in [2.24, 2.45) is 0 Å². The molecule has 0 bridgehead atoms. The summed E-state index contributed by atoms with van der Waals surface area (Å²) in [6.45, 7) is 0.402. The first-order valence-electron chi connectivity index (χ1n) is 6.50. The maximum Gasteiger partial charge on any atom is 0.326 e. The quantitative estimate of drug-likeness (QED) is 0.704. The van der Waals surface area contributed by atoms with Gasteiger partial charge in [-0.2, -0.15) is 11.3 Å². The van der Waals surface area contributed by atoms with Gasteiger partial charge in [0.05, 0.1) is 6.42 Å². The van der Waals surface area contributed by atoms with Crippen LogP contribution in [0.2, 0.25) is 0 Å². The minimum absolute atomic E-state index is 0.101. The number of carbonyl (C=O) groups is 3. The van der Waals surface area contributed by atoms with E-state index in [1.165, 1.54) is 11.3 Å². The zero-order valence-electron chi connectivity index (χ0n) is 11.2. The third-order valence-corrected chi connectivity index (χ3v) is 3.89. The van der Waals surface area contributed by atoms with E-state index in [4.69, 9.17) is 10.2 Å². The maximum absolute atomic E-state index is 12.2. The lowest BCUT2D eigenvalue weighted by Crippen LogP contribution is -2.49. The minimum atomic E-state index is -1.42. The molecule has 114 valence electrons. The van der Waals surface area contributed by atoms with E-state index in [0.717, 1.165) is 18.4 Å². The summed E-state index contributed by atoms with van der Waals surface area (Å²) >= 11 is 1.52. The first-order valence-corrected chi connectivity index (χ1v) is 7.44. The summed E-state index contributed by atoms with van der Waals surface area (Å²) in [6.07, 6.45) is 1.13. The summed E-state index contributed by atoms with van der Waals surface area (Å²) < 4.78 is 0. The predicted molar refractivity (Wildman–Crippen MR) is 75.1 cm³/mol. The smallest absolute Gasteiger partial charge is 0.326 e. The van der Waals surface area contributed by atoms with Gasteiger partial charge in [-0.15, -0.1) is 0 Å². The molecule has 1 aliphatic carbocycles. The fraction of sp³-hybridized carbons (Fsp3) is 0.462. The van der Waals surface area contributed by atoms with Crippen LogP contribution >= 0.6 is 11.3 Å². The Morgan fingerprint density at radius 2 is 2.10 bits per heavy atom. The van der Waals surface area contributed by atoms with E-state index in [1.54, 1.807) is 4.90 Å². The van der Waals surface area contributed by atoms with Gasteiger partial charge in [-0.3, -0.25) is 4.79 Å². The molecule has 1 atom stereocenters. The van der Waals surface area contributed by atoms with Crippen LogP contribution in [-0.2, 0) is 16.1 Å². The molecule has 2 rings (SSSR count). The Hall–Kier alpha value is -2.09. The summed E-state index contributed by atoms with van der Waals surface area (Å²) in [5.41, 5.74) is 0.979. The molecule has 8 heteroatoms. The Morgan fingerprint density at radius 1 is 1.38 bits per heavy atom. The molecule has 1 heterocycles. The van der Waals surface area contributed by atoms with E-state index in [0.29, 0.717) is 6.54 Å². The van der Waals surface area contributed by atoms with Crippen molar-refractivity contribution in [1.29, 1.82) is 0 Å². The number of urea groups is 1. The number of carboxylic acid groups (broad SMARTS) is 2. The molecule has 7 nitrogen and oxygen atoms in total. The summed E-state index contributed by atoms with van der Waals surface area (Å²) in [6, 6.07) is 0.0550. The average Bonchev–Trinajstić information content (AvgIpc) is 3.11. The van der Waals surface area contributed by atoms with Gasteiger partial charge < -0.3 is 20.4 Å². The minimum Gasteiger partial charge on any atom is -0.481 e. The first kappa shape index (κ1) is 15.3. The molecule has 1 aliphatic rings. The third kappa shape index (κ3) is 4.45. The van der Waals surface area contributed by atoms with E-state index >= 15 is 0 Å². The lowest BCUT2D eigenvalue weighted by Gasteiger charge is -2.24. The fourth-order valence-corrected chi connectivity index (χ4v) is 2.60. The Balaban J connectivity index is 2.00. The molecule has 0 saturated heterocycles. The van der Waals surface area contributed by atoms with E-state index in [9.17, 15) is 14.4 Å². The van der Waals surface area contributed by atoms with Gasteiger partial charge >= 0.3 is 18.0 Å². The topological polar surface area (TPSA) is 107 Å². The van der Waals surface area contributed by atoms with E-state index < -0.39 is 30.4 Å². The van der Waals surface area contributed by atoms with Crippen LogP contribution in [0, 0.1) is 0 Å². The van der Waals surface area contributed by atoms with E-state index in [2.05, 4.69) is 5.32 Å². The number of hydrogen-bond donors (Lipinski definition) is 3. The Labute approximate surface area is 125 Å². The summed E-state index contributed by atoms with van der Waals surface area (Å²) in [5, 5.41) is 23.8. The van der Waals surface area contributed by atoms with Gasteiger partial charge in [0.2, 0.25) is 0 Å². The number of thiophene rings is 1. The second-order valence-electron chi connectivity index (χ2n) is 4.93. The molecule has 3 N–H and O–H groups in total. The van der Waals surface area contributed by atoms with Crippen LogP contribution < -0.4 is 5.32 Å². The standard InChI is InChI=1S/C13H16N2O5S/c16-11(17)5-10(12(18)19)14-13(20)15(9-1-2-9)6-8-3-4-21-7-8/h3-4,7,9-10H,1-2,5-6H2,(H,14,20)(H,16,17)(H,18,19)/t10-/m0/s1. The molecule has 1 aromatic heterocycles. The number of nitrogens with zero attached hydrogens (tertiary/aromatic N) is 1. The van der Waals surface area contributed by atoms with Crippen molar-refractivity contribution in [2.75, 3.05) is 0 Å². The van der Waals surface area contributed by atoms with Crippen molar-refractivity contribution in [3.05, 3.63) is 22.4 Å². The molecule has 0 spiro atoms. The number of amides is 2. The molecule has 1 aromatic rings. The first-order chi connectivity index (χ1) is 9.97. The molecular weight excluding hydrogens is 296 g/mol. The van der Waals surface area contributed by atoms with Crippen molar-refractivity contribution in [3.63, 3.8) is 0 Å². The highest BCUT2D eigenvalue weighted by atomic mass is 32.1. The average molecular weight is 312 g/mol. The molecule has 1 fully saturated rings. The van der Waals surface area contributed by atoms with Gasteiger partial charge in [0.15, 0.2) is 0 Å². The Morgan fingerprint density at radius 3 is 2.57 bits per heavy atom. The molecule has 2 amide bonds. The van der Waals surface area contributed by atoms with Crippen molar-refractivity contribution >= 4 is 29.3 Å². The van der Waals surface area contributed by atoms with Gasteiger partial charge in [0, 0.05) is 12.6 Å². The highest BCUT2D eigenvalue weighted by Gasteiger charge is 2.34. The van der Waals surface area contributed by atoms with Crippen LogP contribution in [-0.4, -0.2) is 45.2 Å². The Bertz CT molecular complexity index is 527. The van der Waals surface area contributed by atoms with Crippen molar-refractivity contribution in [3.8, 4) is 0 Å². The van der Waals surface area contributed by atoms with Crippen LogP contribution in [0.4, 0.5) is 4.79 Å². The molecule has 0 unspecified atom stereocenters. The summed E-state index contributed by atoms with van der Waals surface area (Å²) in [4.78, 5) is 35.4. The molecule has 0 aromatic carbocycles. The van der Waals surface area contributed by atoms with Crippen LogP contribution in [0.3, 0.4) is 0 Å². The van der Waals surface area contributed by atoms with Crippen LogP contribution in [0.5, 0.6) is 0 Å². The fourth-order valence-electron chi connectivity index (χ4n) is 1.94. The van der Waals surface area contributed by atoms with Crippen molar-refractivity contribution < 1.29 is 24.6 Å². The summed E-state index contributed by atoms with van der Waals surface area (Å²) in [5.74, 6) is -2.62. The number of rotatable bonds is 7. The van der Waals surface area contributed by atoms with Crippen LogP contribution in [0.25, 0.3) is 0 Å². The molecule has 0 aliphatic heterocycles. The highest BCUT2D eigenvalue weighted by molar-refractivity contribution is 7.07. The normalized spacial score (nSPS) is 15.2. The molecule has 21 heavy (non-hydrogen) atoms. The monoisotopic (exact) mass is 312 g/mol. The SMILES string of the molecule is O=C(O)C[C@H](NC(=O)N(Cc1ccsc1)C1CC1)C(=O)O. The van der Waals surface area contributed by atoms with E-state index in [1.807, 2.05) is 16.8 Å². The zero-order valence-corrected chi connectivity index (χ0v) is 12.0. The highest BCUT2D eigenvalue weighted by Crippen LogP contribution is 2.28. The summed E-state index contributed by atoms with van der Waals surface area (Å²) in [7, 11) is 0. The second kappa shape index (κ2) is 6.57. The number of nitrogens with one attached hydrogen (secondary N) is 1. The van der Waals surface area contributed by atoms with Gasteiger partial charge in [-0.05, 0) is 35.2 Å². The number of carboxylic acids is 2. The predicted octanol–water partition coefficient (Wildman–Crippen LogP) is 1.35. The zero-order chi connectivity index (χ0) is 15.4.